The van der Waals surface area contributed by atoms with Gasteiger partial charge in [0.2, 0.25) is 5.91 Å². The summed E-state index contributed by atoms with van der Waals surface area (Å²) >= 11 is 0. The van der Waals surface area contributed by atoms with Crippen LogP contribution in [0.2, 0.25) is 0 Å². The highest BCUT2D eigenvalue weighted by atomic mass is 32.2. The molecule has 0 bridgehead atoms. The van der Waals surface area contributed by atoms with Crippen molar-refractivity contribution in [2.45, 2.75) is 17.7 Å². The number of carbonyl (C=O) groups excluding carboxylic acids is 1. The van der Waals surface area contributed by atoms with Crippen molar-refractivity contribution in [3.63, 3.8) is 0 Å². The maximum absolute atomic E-state index is 11.5. The molecule has 0 saturated carbocycles. The predicted molar refractivity (Wildman–Crippen MR) is 53.6 cm³/mol. The molecule has 1 atom stereocenters. The summed E-state index contributed by atoms with van der Waals surface area (Å²) in [6.07, 6.45) is 5.67. The Labute approximate surface area is 82.6 Å². The van der Waals surface area contributed by atoms with Crippen LogP contribution in [0.5, 0.6) is 0 Å². The highest BCUT2D eigenvalue weighted by Crippen LogP contribution is 2.28. The summed E-state index contributed by atoms with van der Waals surface area (Å²) in [5.74, 6) is -0.525. The van der Waals surface area contributed by atoms with Crippen molar-refractivity contribution in [1.82, 2.24) is 0 Å². The van der Waals surface area contributed by atoms with E-state index in [9.17, 15) is 13.2 Å². The number of sulfone groups is 1. The van der Waals surface area contributed by atoms with Gasteiger partial charge in [-0.05, 0) is 18.6 Å². The molecular weight excluding hydrogens is 204 g/mol. The zero-order valence-corrected chi connectivity index (χ0v) is 8.62. The lowest BCUT2D eigenvalue weighted by Crippen LogP contribution is -2.33. The van der Waals surface area contributed by atoms with Crippen LogP contribution < -0.4 is 5.73 Å². The summed E-state index contributed by atoms with van der Waals surface area (Å²) in [5.41, 5.74) is 4.96. The van der Waals surface area contributed by atoms with Crippen LogP contribution in [0, 0.1) is 0 Å². The Morgan fingerprint density at radius 1 is 1.57 bits per heavy atom. The molecule has 0 aromatic heterocycles. The Kier molecular flexibility index (Phi) is 2.75. The summed E-state index contributed by atoms with van der Waals surface area (Å²) in [6, 6.07) is 0. The number of nitrogens with zero attached hydrogens (tertiary/aromatic N) is 1. The lowest BCUT2D eigenvalue weighted by molar-refractivity contribution is -0.118. The zero-order chi connectivity index (χ0) is 10.8. The lowest BCUT2D eigenvalue weighted by atomic mass is 10.1. The maximum atomic E-state index is 11.5. The molecule has 0 aromatic carbocycles. The molecule has 1 rings (SSSR count). The van der Waals surface area contributed by atoms with E-state index in [2.05, 4.69) is 4.99 Å². The van der Waals surface area contributed by atoms with Gasteiger partial charge < -0.3 is 5.73 Å². The van der Waals surface area contributed by atoms with Gasteiger partial charge in [-0.15, -0.1) is 0 Å². The third-order valence-electron chi connectivity index (χ3n) is 2.11. The number of nitrogens with two attached hydrogens (primary N) is 1. The lowest BCUT2D eigenvalue weighted by Gasteiger charge is -2.21. The van der Waals surface area contributed by atoms with Crippen LogP contribution in [-0.4, -0.2) is 31.7 Å². The molecule has 0 aromatic rings. The molecule has 0 fully saturated rings. The Balaban J connectivity index is 2.91. The summed E-state index contributed by atoms with van der Waals surface area (Å²) in [6.45, 7) is 0. The maximum Gasteiger partial charge on any atom is 0.217 e. The second-order valence-corrected chi connectivity index (χ2v) is 5.47. The molecule has 0 saturated heterocycles. The Morgan fingerprint density at radius 3 is 2.57 bits per heavy atom. The largest absolute Gasteiger partial charge is 0.370 e. The van der Waals surface area contributed by atoms with Crippen LogP contribution >= 0.6 is 0 Å². The van der Waals surface area contributed by atoms with Gasteiger partial charge in [-0.25, -0.2) is 8.42 Å². The van der Waals surface area contributed by atoms with E-state index < -0.39 is 20.6 Å². The van der Waals surface area contributed by atoms with E-state index in [0.717, 1.165) is 6.26 Å². The number of primary amides is 1. The van der Waals surface area contributed by atoms with Crippen LogP contribution in [0.25, 0.3) is 0 Å². The normalized spacial score (nSPS) is 25.5. The Hall–Kier alpha value is -1.17. The molecule has 0 aliphatic carbocycles. The highest BCUT2D eigenvalue weighted by molar-refractivity contribution is 7.92. The number of amides is 1. The molecule has 1 heterocycles. The highest BCUT2D eigenvalue weighted by Gasteiger charge is 2.38. The van der Waals surface area contributed by atoms with Gasteiger partial charge in [0.25, 0.3) is 0 Å². The molecule has 1 aliphatic rings. The van der Waals surface area contributed by atoms with Gasteiger partial charge in [0.1, 0.15) is 0 Å². The number of aliphatic imine (C=N–C) groups is 1. The topological polar surface area (TPSA) is 89.6 Å². The average molecular weight is 216 g/mol. The van der Waals surface area contributed by atoms with Gasteiger partial charge in [-0.2, -0.15) is 0 Å². The van der Waals surface area contributed by atoms with Crippen LogP contribution in [0.15, 0.2) is 17.1 Å². The molecule has 78 valence electrons. The van der Waals surface area contributed by atoms with Crippen molar-refractivity contribution in [3.8, 4) is 0 Å². The third-order valence-corrected chi connectivity index (χ3v) is 3.84. The second kappa shape index (κ2) is 3.53. The van der Waals surface area contributed by atoms with E-state index in [-0.39, 0.29) is 12.8 Å². The van der Waals surface area contributed by atoms with Gasteiger partial charge in [0.15, 0.2) is 14.7 Å². The SMILES string of the molecule is CS(=O)(=O)C1(CCC(N)=O)C=CC=N1. The quantitative estimate of drug-likeness (QED) is 0.695. The summed E-state index contributed by atoms with van der Waals surface area (Å²) < 4.78 is 22.9. The van der Waals surface area contributed by atoms with Crippen molar-refractivity contribution >= 4 is 22.0 Å². The molecule has 5 nitrogen and oxygen atoms in total. The van der Waals surface area contributed by atoms with Gasteiger partial charge in [0, 0.05) is 18.9 Å². The van der Waals surface area contributed by atoms with Crippen LogP contribution in [-0.2, 0) is 14.6 Å². The fourth-order valence-corrected chi connectivity index (χ4v) is 2.31. The number of allylic oxidation sites excluding steroid dienone is 1. The summed E-state index contributed by atoms with van der Waals surface area (Å²) in [5, 5.41) is 0. The summed E-state index contributed by atoms with van der Waals surface area (Å²) in [4.78, 5) is 13.2. The molecule has 0 spiro atoms. The Bertz CT molecular complexity index is 383. The zero-order valence-electron chi connectivity index (χ0n) is 7.80. The molecule has 1 aliphatic heterocycles. The molecule has 1 amide bonds. The molecule has 6 heteroatoms. The van der Waals surface area contributed by atoms with Gasteiger partial charge in [0.05, 0.1) is 0 Å². The minimum Gasteiger partial charge on any atom is -0.370 e. The molecule has 0 radical (unpaired) electrons. The first-order chi connectivity index (χ1) is 6.37. The van der Waals surface area contributed by atoms with E-state index in [1.54, 1.807) is 6.08 Å². The second-order valence-electron chi connectivity index (χ2n) is 3.22. The fraction of sp³-hybridized carbons (Fsp3) is 0.500. The van der Waals surface area contributed by atoms with E-state index in [1.807, 2.05) is 0 Å². The summed E-state index contributed by atoms with van der Waals surface area (Å²) in [7, 11) is -3.35. The van der Waals surface area contributed by atoms with Crippen molar-refractivity contribution in [1.29, 1.82) is 0 Å². The number of hydrogen-bond acceptors (Lipinski definition) is 4. The average Bonchev–Trinajstić information content (AvgIpc) is 2.48. The molecule has 14 heavy (non-hydrogen) atoms. The van der Waals surface area contributed by atoms with Gasteiger partial charge >= 0.3 is 0 Å². The number of hydrogen-bond donors (Lipinski definition) is 1. The smallest absolute Gasteiger partial charge is 0.217 e. The standard InChI is InChI=1S/C8H12N2O3S/c1-14(12,13)8(4-2-6-10-8)5-3-7(9)11/h2,4,6H,3,5H2,1H3,(H2,9,11). The van der Waals surface area contributed by atoms with Gasteiger partial charge in [-0.3, -0.25) is 9.79 Å². The first-order valence-corrected chi connectivity index (χ1v) is 5.97. The fourth-order valence-electron chi connectivity index (χ4n) is 1.26. The monoisotopic (exact) mass is 216 g/mol. The van der Waals surface area contributed by atoms with Crippen LogP contribution in [0.4, 0.5) is 0 Å². The van der Waals surface area contributed by atoms with Crippen LogP contribution in [0.3, 0.4) is 0 Å². The van der Waals surface area contributed by atoms with Crippen LogP contribution in [0.1, 0.15) is 12.8 Å². The third kappa shape index (κ3) is 2.01. The molecule has 2 N–H and O–H groups in total. The van der Waals surface area contributed by atoms with E-state index in [0.29, 0.717) is 0 Å². The van der Waals surface area contributed by atoms with E-state index >= 15 is 0 Å². The van der Waals surface area contributed by atoms with Crippen molar-refractivity contribution < 1.29 is 13.2 Å². The Morgan fingerprint density at radius 2 is 2.21 bits per heavy atom. The van der Waals surface area contributed by atoms with Gasteiger partial charge in [-0.1, -0.05) is 0 Å². The van der Waals surface area contributed by atoms with Crippen molar-refractivity contribution in [3.05, 3.63) is 12.2 Å². The first-order valence-electron chi connectivity index (χ1n) is 4.08. The van der Waals surface area contributed by atoms with Crippen molar-refractivity contribution in [2.24, 2.45) is 10.7 Å². The molecule has 1 unspecified atom stereocenters. The molecular formula is C8H12N2O3S. The first kappa shape index (κ1) is 10.9. The minimum atomic E-state index is -3.35. The van der Waals surface area contributed by atoms with Crippen molar-refractivity contribution in [2.75, 3.05) is 6.26 Å². The number of rotatable bonds is 4. The minimum absolute atomic E-state index is 0.00868. The van der Waals surface area contributed by atoms with E-state index in [1.165, 1.54) is 12.3 Å². The van der Waals surface area contributed by atoms with E-state index in [4.69, 9.17) is 5.73 Å². The number of carbonyl (C=O) groups is 1. The predicted octanol–water partition coefficient (Wildman–Crippen LogP) is -0.367.